The Morgan fingerprint density at radius 1 is 1.38 bits per heavy atom. The summed E-state index contributed by atoms with van der Waals surface area (Å²) < 4.78 is 0. The van der Waals surface area contributed by atoms with Gasteiger partial charge in [-0.25, -0.2) is 4.98 Å². The van der Waals surface area contributed by atoms with E-state index in [0.29, 0.717) is 4.99 Å². The summed E-state index contributed by atoms with van der Waals surface area (Å²) in [5.74, 6) is 1.86. The smallest absolute Gasteiger partial charge is 0.139 e. The van der Waals surface area contributed by atoms with Crippen LogP contribution in [0.2, 0.25) is 0 Å². The Bertz CT molecular complexity index is 513. The summed E-state index contributed by atoms with van der Waals surface area (Å²) in [6.07, 6.45) is 6.44. The minimum Gasteiger partial charge on any atom is -0.389 e. The van der Waals surface area contributed by atoms with Crippen LogP contribution in [0.4, 0.5) is 5.82 Å². The first kappa shape index (κ1) is 16.2. The molecule has 21 heavy (non-hydrogen) atoms. The molecule has 1 fully saturated rings. The fraction of sp³-hybridized carbons (Fsp3) is 0.647. The molecule has 3 nitrogen and oxygen atoms in total. The molecule has 1 unspecified atom stereocenters. The Hall–Kier alpha value is -1.16. The predicted octanol–water partition coefficient (Wildman–Crippen LogP) is 3.74. The summed E-state index contributed by atoms with van der Waals surface area (Å²) in [6, 6.07) is 2.07. The van der Waals surface area contributed by atoms with E-state index in [4.69, 9.17) is 22.9 Å². The summed E-state index contributed by atoms with van der Waals surface area (Å²) in [7, 11) is 0. The number of aryl methyl sites for hydroxylation is 2. The minimum atomic E-state index is 0.462. The first-order valence-electron chi connectivity index (χ1n) is 8.06. The molecule has 2 N–H and O–H groups in total. The van der Waals surface area contributed by atoms with Crippen LogP contribution in [0.5, 0.6) is 0 Å². The second kappa shape index (κ2) is 7.21. The van der Waals surface area contributed by atoms with Gasteiger partial charge in [-0.1, -0.05) is 32.0 Å². The average Bonchev–Trinajstić information content (AvgIpc) is 2.63. The fourth-order valence-electron chi connectivity index (χ4n) is 3.42. The first-order valence-corrected chi connectivity index (χ1v) is 8.46. The minimum absolute atomic E-state index is 0.462. The molecule has 0 saturated carbocycles. The van der Waals surface area contributed by atoms with Gasteiger partial charge in [-0.3, -0.25) is 0 Å². The molecule has 1 aromatic rings. The summed E-state index contributed by atoms with van der Waals surface area (Å²) in [4.78, 5) is 7.61. The van der Waals surface area contributed by atoms with Gasteiger partial charge < -0.3 is 10.6 Å². The number of anilines is 1. The predicted molar refractivity (Wildman–Crippen MR) is 94.1 cm³/mol. The molecule has 1 atom stereocenters. The highest BCUT2D eigenvalue weighted by Crippen LogP contribution is 2.28. The third kappa shape index (κ3) is 3.94. The highest BCUT2D eigenvalue weighted by molar-refractivity contribution is 7.80. The van der Waals surface area contributed by atoms with Crippen LogP contribution in [-0.4, -0.2) is 23.1 Å². The van der Waals surface area contributed by atoms with Crippen molar-refractivity contribution >= 4 is 23.0 Å². The van der Waals surface area contributed by atoms with Gasteiger partial charge in [0.1, 0.15) is 10.8 Å². The maximum Gasteiger partial charge on any atom is 0.139 e. The number of thiocarbonyl (C=S) groups is 1. The van der Waals surface area contributed by atoms with Gasteiger partial charge in [0.15, 0.2) is 0 Å². The highest BCUT2D eigenvalue weighted by atomic mass is 32.1. The number of nitrogens with two attached hydrogens (primary N) is 1. The molecule has 1 aliphatic heterocycles. The van der Waals surface area contributed by atoms with E-state index in [1.54, 1.807) is 0 Å². The Kier molecular flexibility index (Phi) is 5.57. The van der Waals surface area contributed by atoms with Crippen LogP contribution >= 0.6 is 12.2 Å². The van der Waals surface area contributed by atoms with Crippen molar-refractivity contribution in [3.05, 3.63) is 22.9 Å². The standard InChI is InChI=1S/C17H27N3S/c1-4-6-14-7-5-9-20(10-8-14)17-15(16(18)21)12(2)11-13(3)19-17/h11,14H,4-10H2,1-3H3,(H2,18,21). The van der Waals surface area contributed by atoms with Crippen LogP contribution < -0.4 is 10.6 Å². The van der Waals surface area contributed by atoms with E-state index in [-0.39, 0.29) is 0 Å². The number of pyridine rings is 1. The van der Waals surface area contributed by atoms with Gasteiger partial charge in [-0.2, -0.15) is 0 Å². The number of rotatable bonds is 4. The monoisotopic (exact) mass is 305 g/mol. The lowest BCUT2D eigenvalue weighted by molar-refractivity contribution is 0.435. The van der Waals surface area contributed by atoms with E-state index >= 15 is 0 Å². The van der Waals surface area contributed by atoms with E-state index in [1.165, 1.54) is 32.1 Å². The van der Waals surface area contributed by atoms with E-state index in [9.17, 15) is 0 Å². The molecule has 0 aromatic carbocycles. The van der Waals surface area contributed by atoms with Gasteiger partial charge in [-0.05, 0) is 50.7 Å². The molecular formula is C17H27N3S. The normalized spacial score (nSPS) is 19.4. The van der Waals surface area contributed by atoms with Crippen molar-refractivity contribution in [3.63, 3.8) is 0 Å². The van der Waals surface area contributed by atoms with Crippen molar-refractivity contribution in [2.24, 2.45) is 11.7 Å². The number of aromatic nitrogens is 1. The van der Waals surface area contributed by atoms with E-state index < -0.39 is 0 Å². The fourth-order valence-corrected chi connectivity index (χ4v) is 3.68. The van der Waals surface area contributed by atoms with Crippen LogP contribution in [0.1, 0.15) is 55.8 Å². The largest absolute Gasteiger partial charge is 0.389 e. The summed E-state index contributed by atoms with van der Waals surface area (Å²) in [5, 5.41) is 0. The Morgan fingerprint density at radius 3 is 2.81 bits per heavy atom. The Balaban J connectivity index is 2.27. The number of hydrogen-bond acceptors (Lipinski definition) is 3. The third-order valence-electron chi connectivity index (χ3n) is 4.42. The molecular weight excluding hydrogens is 278 g/mol. The van der Waals surface area contributed by atoms with Crippen molar-refractivity contribution in [1.82, 2.24) is 4.98 Å². The molecule has 1 saturated heterocycles. The lowest BCUT2D eigenvalue weighted by Crippen LogP contribution is -2.29. The summed E-state index contributed by atoms with van der Waals surface area (Å²) >= 11 is 5.26. The topological polar surface area (TPSA) is 42.2 Å². The lowest BCUT2D eigenvalue weighted by Gasteiger charge is -2.25. The molecule has 2 heterocycles. The molecule has 0 radical (unpaired) electrons. The Morgan fingerprint density at radius 2 is 2.14 bits per heavy atom. The van der Waals surface area contributed by atoms with Crippen molar-refractivity contribution in [2.45, 2.75) is 52.9 Å². The molecule has 0 aliphatic carbocycles. The Labute approximate surface area is 133 Å². The van der Waals surface area contributed by atoms with Gasteiger partial charge in [-0.15, -0.1) is 0 Å². The van der Waals surface area contributed by atoms with Gasteiger partial charge >= 0.3 is 0 Å². The molecule has 0 spiro atoms. The van der Waals surface area contributed by atoms with Gasteiger partial charge in [0.05, 0.1) is 5.56 Å². The van der Waals surface area contributed by atoms with Crippen LogP contribution in [0.25, 0.3) is 0 Å². The summed E-state index contributed by atoms with van der Waals surface area (Å²) in [5.41, 5.74) is 9.09. The zero-order valence-corrected chi connectivity index (χ0v) is 14.3. The zero-order valence-electron chi connectivity index (χ0n) is 13.5. The molecule has 1 aromatic heterocycles. The lowest BCUT2D eigenvalue weighted by atomic mass is 9.96. The molecule has 116 valence electrons. The zero-order chi connectivity index (χ0) is 15.4. The van der Waals surface area contributed by atoms with Crippen molar-refractivity contribution < 1.29 is 0 Å². The quantitative estimate of drug-likeness (QED) is 0.861. The first-order chi connectivity index (χ1) is 10.0. The van der Waals surface area contributed by atoms with Gasteiger partial charge in [0, 0.05) is 18.8 Å². The van der Waals surface area contributed by atoms with E-state index in [2.05, 4.69) is 24.8 Å². The molecule has 0 bridgehead atoms. The maximum atomic E-state index is 5.95. The van der Waals surface area contributed by atoms with Crippen LogP contribution in [0.15, 0.2) is 6.07 Å². The van der Waals surface area contributed by atoms with Crippen molar-refractivity contribution in [2.75, 3.05) is 18.0 Å². The van der Waals surface area contributed by atoms with Crippen molar-refractivity contribution in [1.29, 1.82) is 0 Å². The third-order valence-corrected chi connectivity index (χ3v) is 4.62. The maximum absolute atomic E-state index is 5.95. The highest BCUT2D eigenvalue weighted by Gasteiger charge is 2.21. The average molecular weight is 305 g/mol. The molecule has 4 heteroatoms. The molecule has 0 amide bonds. The van der Waals surface area contributed by atoms with Crippen LogP contribution in [-0.2, 0) is 0 Å². The van der Waals surface area contributed by atoms with Gasteiger partial charge in [0.2, 0.25) is 0 Å². The molecule has 1 aliphatic rings. The second-order valence-corrected chi connectivity index (χ2v) is 6.66. The number of nitrogens with zero attached hydrogens (tertiary/aromatic N) is 2. The van der Waals surface area contributed by atoms with E-state index in [0.717, 1.165) is 41.6 Å². The van der Waals surface area contributed by atoms with Crippen molar-refractivity contribution in [3.8, 4) is 0 Å². The second-order valence-electron chi connectivity index (χ2n) is 6.22. The van der Waals surface area contributed by atoms with Crippen LogP contribution in [0.3, 0.4) is 0 Å². The van der Waals surface area contributed by atoms with Crippen LogP contribution in [0, 0.1) is 19.8 Å². The van der Waals surface area contributed by atoms with Gasteiger partial charge in [0.25, 0.3) is 0 Å². The SMILES string of the molecule is CCCC1CCCN(c2nc(C)cc(C)c2C(N)=S)CC1. The molecule has 2 rings (SSSR count). The summed E-state index contributed by atoms with van der Waals surface area (Å²) in [6.45, 7) is 8.52. The van der Waals surface area contributed by atoms with E-state index in [1.807, 2.05) is 6.92 Å². The number of hydrogen-bond donors (Lipinski definition) is 1.